The van der Waals surface area contributed by atoms with Crippen molar-refractivity contribution in [3.63, 3.8) is 0 Å². The van der Waals surface area contributed by atoms with Crippen LogP contribution in [0.1, 0.15) is 46.5 Å². The van der Waals surface area contributed by atoms with Gasteiger partial charge >= 0.3 is 0 Å². The molecule has 0 heterocycles. The lowest BCUT2D eigenvalue weighted by Gasteiger charge is -2.24. The number of rotatable bonds is 8. The highest BCUT2D eigenvalue weighted by Gasteiger charge is 2.21. The predicted octanol–water partition coefficient (Wildman–Crippen LogP) is 3.71. The van der Waals surface area contributed by atoms with E-state index in [0.717, 1.165) is 37.8 Å². The Balaban J connectivity index is 2.61. The summed E-state index contributed by atoms with van der Waals surface area (Å²) in [5.41, 5.74) is -0.0811. The summed E-state index contributed by atoms with van der Waals surface area (Å²) < 4.78 is 39.6. The van der Waals surface area contributed by atoms with Crippen molar-refractivity contribution in [3.05, 3.63) is 30.1 Å². The van der Waals surface area contributed by atoms with Crippen LogP contribution in [0.4, 0.5) is 4.39 Å². The van der Waals surface area contributed by atoms with E-state index in [1.807, 2.05) is 0 Å². The minimum atomic E-state index is -3.56. The van der Waals surface area contributed by atoms with E-state index in [4.69, 9.17) is 0 Å². The lowest BCUT2D eigenvalue weighted by Crippen LogP contribution is -2.34. The van der Waals surface area contributed by atoms with E-state index in [-0.39, 0.29) is 10.3 Å². The summed E-state index contributed by atoms with van der Waals surface area (Å²) in [6.45, 7) is 6.63. The van der Waals surface area contributed by atoms with Gasteiger partial charge in [0.1, 0.15) is 5.82 Å². The first-order valence-electron chi connectivity index (χ1n) is 7.02. The maximum absolute atomic E-state index is 12.8. The molecule has 1 N–H and O–H groups in total. The molecule has 1 aromatic rings. The molecule has 0 saturated heterocycles. The van der Waals surface area contributed by atoms with E-state index in [2.05, 4.69) is 25.5 Å². The Morgan fingerprint density at radius 3 is 2.30 bits per heavy atom. The van der Waals surface area contributed by atoms with Gasteiger partial charge in [-0.25, -0.2) is 17.5 Å². The smallest absolute Gasteiger partial charge is 0.211 e. The van der Waals surface area contributed by atoms with Crippen molar-refractivity contribution in [1.82, 2.24) is 4.72 Å². The van der Waals surface area contributed by atoms with Crippen LogP contribution in [0.3, 0.4) is 0 Å². The third-order valence-electron chi connectivity index (χ3n) is 3.32. The molecule has 0 radical (unpaired) electrons. The lowest BCUT2D eigenvalue weighted by atomic mass is 9.87. The molecule has 5 heteroatoms. The van der Waals surface area contributed by atoms with Crippen molar-refractivity contribution in [1.29, 1.82) is 0 Å². The highest BCUT2D eigenvalue weighted by atomic mass is 32.2. The minimum Gasteiger partial charge on any atom is -0.211 e. The molecule has 0 amide bonds. The topological polar surface area (TPSA) is 46.2 Å². The third kappa shape index (κ3) is 5.59. The summed E-state index contributed by atoms with van der Waals surface area (Å²) in [4.78, 5) is 0.100. The van der Waals surface area contributed by atoms with E-state index >= 15 is 0 Å². The molecule has 0 aliphatic rings. The van der Waals surface area contributed by atoms with Gasteiger partial charge in [-0.3, -0.25) is 0 Å². The highest BCUT2D eigenvalue weighted by Crippen LogP contribution is 2.23. The zero-order chi connectivity index (χ0) is 15.2. The summed E-state index contributed by atoms with van der Waals surface area (Å²) in [5.74, 6) is -0.441. The van der Waals surface area contributed by atoms with E-state index in [1.165, 1.54) is 12.1 Å². The van der Waals surface area contributed by atoms with Crippen LogP contribution in [0.2, 0.25) is 0 Å². The average Bonchev–Trinajstić information content (AvgIpc) is 2.37. The van der Waals surface area contributed by atoms with Crippen LogP contribution in [-0.2, 0) is 10.0 Å². The van der Waals surface area contributed by atoms with Crippen molar-refractivity contribution in [2.24, 2.45) is 5.41 Å². The Bertz CT molecular complexity index is 509. The van der Waals surface area contributed by atoms with Crippen LogP contribution in [0, 0.1) is 11.2 Å². The van der Waals surface area contributed by atoms with E-state index < -0.39 is 15.8 Å². The van der Waals surface area contributed by atoms with Crippen molar-refractivity contribution >= 4 is 10.0 Å². The zero-order valence-corrected chi connectivity index (χ0v) is 13.3. The maximum Gasteiger partial charge on any atom is 0.240 e. The molecule has 0 aromatic heterocycles. The molecule has 3 nitrogen and oxygen atoms in total. The first-order valence-corrected chi connectivity index (χ1v) is 8.50. The Kier molecular flexibility index (Phi) is 6.14. The van der Waals surface area contributed by atoms with Gasteiger partial charge in [-0.05, 0) is 36.1 Å². The predicted molar refractivity (Wildman–Crippen MR) is 79.5 cm³/mol. The number of hydrogen-bond acceptors (Lipinski definition) is 2. The van der Waals surface area contributed by atoms with Gasteiger partial charge in [0.15, 0.2) is 0 Å². The number of sulfonamides is 1. The standard InChI is InChI=1S/C15H24FNO2S/c1-4-5-6-11-15(2,3)12-17-20(18,19)14-9-7-13(16)8-10-14/h7-10,17H,4-6,11-12H2,1-3H3. The van der Waals surface area contributed by atoms with Crippen LogP contribution < -0.4 is 4.72 Å². The Hall–Kier alpha value is -0.940. The molecule has 0 spiro atoms. The molecule has 1 aromatic carbocycles. The second kappa shape index (κ2) is 7.18. The fraction of sp³-hybridized carbons (Fsp3) is 0.600. The lowest BCUT2D eigenvalue weighted by molar-refractivity contribution is 0.320. The van der Waals surface area contributed by atoms with E-state index in [1.54, 1.807) is 0 Å². The molecule has 114 valence electrons. The average molecular weight is 301 g/mol. The number of halogens is 1. The van der Waals surface area contributed by atoms with Crippen LogP contribution >= 0.6 is 0 Å². The second-order valence-corrected chi connectivity index (χ2v) is 7.67. The minimum absolute atomic E-state index is 0.0811. The van der Waals surface area contributed by atoms with Gasteiger partial charge in [-0.1, -0.05) is 40.0 Å². The van der Waals surface area contributed by atoms with Gasteiger partial charge in [0.2, 0.25) is 10.0 Å². The van der Waals surface area contributed by atoms with Gasteiger partial charge in [0.25, 0.3) is 0 Å². The summed E-state index contributed by atoms with van der Waals surface area (Å²) in [6.07, 6.45) is 4.39. The molecule has 0 saturated carbocycles. The van der Waals surface area contributed by atoms with Crippen molar-refractivity contribution < 1.29 is 12.8 Å². The Morgan fingerprint density at radius 2 is 1.75 bits per heavy atom. The normalized spacial score (nSPS) is 12.6. The van der Waals surface area contributed by atoms with E-state index in [0.29, 0.717) is 6.54 Å². The van der Waals surface area contributed by atoms with Crippen LogP contribution in [0.15, 0.2) is 29.2 Å². The highest BCUT2D eigenvalue weighted by molar-refractivity contribution is 7.89. The molecule has 0 aliphatic carbocycles. The van der Waals surface area contributed by atoms with Crippen LogP contribution in [-0.4, -0.2) is 15.0 Å². The zero-order valence-electron chi connectivity index (χ0n) is 12.4. The summed E-state index contributed by atoms with van der Waals surface area (Å²) in [5, 5.41) is 0. The van der Waals surface area contributed by atoms with Gasteiger partial charge in [-0.2, -0.15) is 0 Å². The number of unbranched alkanes of at least 4 members (excludes halogenated alkanes) is 2. The molecule has 0 fully saturated rings. The number of hydrogen-bond donors (Lipinski definition) is 1. The molecule has 20 heavy (non-hydrogen) atoms. The molecular formula is C15H24FNO2S. The SMILES string of the molecule is CCCCCC(C)(C)CNS(=O)(=O)c1ccc(F)cc1. The summed E-state index contributed by atoms with van der Waals surface area (Å²) >= 11 is 0. The molecule has 1 rings (SSSR count). The van der Waals surface area contributed by atoms with Crippen molar-refractivity contribution in [2.45, 2.75) is 51.3 Å². The van der Waals surface area contributed by atoms with Crippen LogP contribution in [0.5, 0.6) is 0 Å². The number of nitrogens with one attached hydrogen (secondary N) is 1. The van der Waals surface area contributed by atoms with Gasteiger partial charge in [0.05, 0.1) is 4.90 Å². The van der Waals surface area contributed by atoms with Crippen LogP contribution in [0.25, 0.3) is 0 Å². The fourth-order valence-corrected chi connectivity index (χ4v) is 3.17. The monoisotopic (exact) mass is 301 g/mol. The van der Waals surface area contributed by atoms with Crippen molar-refractivity contribution in [2.75, 3.05) is 6.54 Å². The summed E-state index contributed by atoms with van der Waals surface area (Å²) in [6, 6.07) is 4.87. The Morgan fingerprint density at radius 1 is 1.15 bits per heavy atom. The molecule has 0 bridgehead atoms. The van der Waals surface area contributed by atoms with Gasteiger partial charge in [0, 0.05) is 6.54 Å². The maximum atomic E-state index is 12.8. The summed E-state index contributed by atoms with van der Waals surface area (Å²) in [7, 11) is -3.56. The fourth-order valence-electron chi connectivity index (χ4n) is 1.93. The molecule has 0 aliphatic heterocycles. The first kappa shape index (κ1) is 17.1. The largest absolute Gasteiger partial charge is 0.240 e. The molecule has 0 atom stereocenters. The van der Waals surface area contributed by atoms with Gasteiger partial charge < -0.3 is 0 Å². The Labute approximate surface area is 121 Å². The van der Waals surface area contributed by atoms with E-state index in [9.17, 15) is 12.8 Å². The second-order valence-electron chi connectivity index (χ2n) is 5.90. The van der Waals surface area contributed by atoms with Crippen molar-refractivity contribution in [3.8, 4) is 0 Å². The quantitative estimate of drug-likeness (QED) is 0.744. The molecular weight excluding hydrogens is 277 g/mol. The van der Waals surface area contributed by atoms with Gasteiger partial charge in [-0.15, -0.1) is 0 Å². The number of benzene rings is 1. The third-order valence-corrected chi connectivity index (χ3v) is 4.74. The molecule has 0 unspecified atom stereocenters. The first-order chi connectivity index (χ1) is 9.27.